The summed E-state index contributed by atoms with van der Waals surface area (Å²) in [6.07, 6.45) is 7.16. The smallest absolute Gasteiger partial charge is 0.423 e. The molecule has 0 bridgehead atoms. The third kappa shape index (κ3) is 4.63. The standard InChI is InChI=1S/C21H21BN6O2/c23-10-17-6-7-18(11-24-17)27-21-13-25-19(12-26-21)20-5-2-8-28(20)14-15-3-1-4-16(9-15)22(29)30/h1,3-4,6-7,9,11-13,20,29-30H,2,5,8,14H2,(H,26,27). The second-order valence-electron chi connectivity index (χ2n) is 7.24. The molecule has 1 aliphatic rings. The van der Waals surface area contributed by atoms with Gasteiger partial charge in [0.1, 0.15) is 17.6 Å². The minimum absolute atomic E-state index is 0.172. The molecule has 1 aromatic carbocycles. The van der Waals surface area contributed by atoms with Crippen LogP contribution in [-0.2, 0) is 6.54 Å². The van der Waals surface area contributed by atoms with E-state index in [1.54, 1.807) is 36.8 Å². The molecule has 2 aromatic heterocycles. The number of nitrogens with zero attached hydrogens (tertiary/aromatic N) is 5. The molecule has 8 nitrogen and oxygen atoms in total. The van der Waals surface area contributed by atoms with Gasteiger partial charge in [-0.25, -0.2) is 9.97 Å². The molecule has 1 aliphatic heterocycles. The van der Waals surface area contributed by atoms with Crippen LogP contribution in [0.3, 0.4) is 0 Å². The van der Waals surface area contributed by atoms with Gasteiger partial charge in [-0.15, -0.1) is 0 Å². The molecule has 3 aromatic rings. The molecule has 1 unspecified atom stereocenters. The van der Waals surface area contributed by atoms with Gasteiger partial charge >= 0.3 is 7.12 Å². The zero-order valence-electron chi connectivity index (χ0n) is 16.3. The lowest BCUT2D eigenvalue weighted by Gasteiger charge is -2.24. The van der Waals surface area contributed by atoms with Crippen LogP contribution in [0.1, 0.15) is 35.8 Å². The maximum Gasteiger partial charge on any atom is 0.488 e. The zero-order chi connectivity index (χ0) is 20.9. The number of hydrogen-bond acceptors (Lipinski definition) is 8. The normalized spacial score (nSPS) is 16.2. The molecule has 1 saturated heterocycles. The third-order valence-electron chi connectivity index (χ3n) is 5.16. The fourth-order valence-corrected chi connectivity index (χ4v) is 3.69. The highest BCUT2D eigenvalue weighted by Gasteiger charge is 2.27. The fourth-order valence-electron chi connectivity index (χ4n) is 3.69. The van der Waals surface area contributed by atoms with E-state index in [-0.39, 0.29) is 6.04 Å². The third-order valence-corrected chi connectivity index (χ3v) is 5.16. The Labute approximate surface area is 175 Å². The topological polar surface area (TPSA) is 118 Å². The van der Waals surface area contributed by atoms with E-state index in [9.17, 15) is 10.0 Å². The summed E-state index contributed by atoms with van der Waals surface area (Å²) in [5, 5.41) is 30.8. The van der Waals surface area contributed by atoms with Crippen LogP contribution in [0, 0.1) is 11.3 Å². The van der Waals surface area contributed by atoms with Crippen molar-refractivity contribution in [1.82, 2.24) is 19.9 Å². The Bertz CT molecular complexity index is 1040. The molecule has 0 amide bonds. The summed E-state index contributed by atoms with van der Waals surface area (Å²) in [7, 11) is -1.46. The first-order valence-electron chi connectivity index (χ1n) is 9.76. The molecular weight excluding hydrogens is 379 g/mol. The molecular formula is C21H21BN6O2. The summed E-state index contributed by atoms with van der Waals surface area (Å²) in [5.41, 5.74) is 3.55. The van der Waals surface area contributed by atoms with E-state index in [1.807, 2.05) is 24.3 Å². The lowest BCUT2D eigenvalue weighted by atomic mass is 9.79. The molecule has 0 spiro atoms. The molecule has 3 heterocycles. The van der Waals surface area contributed by atoms with E-state index >= 15 is 0 Å². The highest BCUT2D eigenvalue weighted by Crippen LogP contribution is 2.32. The molecule has 30 heavy (non-hydrogen) atoms. The van der Waals surface area contributed by atoms with Gasteiger partial charge in [-0.05, 0) is 42.5 Å². The number of likely N-dealkylation sites (tertiary alicyclic amines) is 1. The average molecular weight is 400 g/mol. The van der Waals surface area contributed by atoms with Crippen LogP contribution in [0.4, 0.5) is 11.5 Å². The number of pyridine rings is 1. The first-order chi connectivity index (χ1) is 14.6. The van der Waals surface area contributed by atoms with Gasteiger partial charge in [0, 0.05) is 6.54 Å². The van der Waals surface area contributed by atoms with Crippen molar-refractivity contribution in [3.63, 3.8) is 0 Å². The van der Waals surface area contributed by atoms with Crippen molar-refractivity contribution in [2.75, 3.05) is 11.9 Å². The number of hydrogen-bond donors (Lipinski definition) is 3. The highest BCUT2D eigenvalue weighted by atomic mass is 16.4. The molecule has 1 fully saturated rings. The summed E-state index contributed by atoms with van der Waals surface area (Å²) in [6.45, 7) is 1.67. The number of benzene rings is 1. The van der Waals surface area contributed by atoms with E-state index in [0.717, 1.165) is 36.3 Å². The lowest BCUT2D eigenvalue weighted by Crippen LogP contribution is -2.31. The zero-order valence-corrected chi connectivity index (χ0v) is 16.3. The van der Waals surface area contributed by atoms with Crippen molar-refractivity contribution in [1.29, 1.82) is 5.26 Å². The van der Waals surface area contributed by atoms with E-state index in [4.69, 9.17) is 5.26 Å². The van der Waals surface area contributed by atoms with Crippen LogP contribution in [0.25, 0.3) is 0 Å². The Balaban J connectivity index is 1.43. The Morgan fingerprint density at radius 3 is 2.73 bits per heavy atom. The SMILES string of the molecule is N#Cc1ccc(Nc2cnc(C3CCCN3Cc3cccc(B(O)O)c3)cn2)cn1. The van der Waals surface area contributed by atoms with Gasteiger partial charge in [-0.3, -0.25) is 9.88 Å². The van der Waals surface area contributed by atoms with E-state index < -0.39 is 7.12 Å². The maximum absolute atomic E-state index is 9.40. The van der Waals surface area contributed by atoms with Crippen molar-refractivity contribution in [3.8, 4) is 6.07 Å². The molecule has 0 radical (unpaired) electrons. The van der Waals surface area contributed by atoms with Crippen molar-refractivity contribution < 1.29 is 10.0 Å². The predicted molar refractivity (Wildman–Crippen MR) is 113 cm³/mol. The minimum Gasteiger partial charge on any atom is -0.423 e. The maximum atomic E-state index is 9.40. The van der Waals surface area contributed by atoms with Crippen molar-refractivity contribution >= 4 is 24.1 Å². The number of rotatable bonds is 6. The largest absolute Gasteiger partial charge is 0.488 e. The average Bonchev–Trinajstić information content (AvgIpc) is 3.23. The molecule has 9 heteroatoms. The monoisotopic (exact) mass is 400 g/mol. The van der Waals surface area contributed by atoms with Crippen molar-refractivity contribution in [3.05, 3.63) is 71.9 Å². The van der Waals surface area contributed by atoms with Gasteiger partial charge in [-0.2, -0.15) is 5.26 Å². The summed E-state index contributed by atoms with van der Waals surface area (Å²) < 4.78 is 0. The first kappa shape index (κ1) is 20.0. The van der Waals surface area contributed by atoms with E-state index in [1.165, 1.54) is 0 Å². The van der Waals surface area contributed by atoms with Crippen LogP contribution in [0.5, 0.6) is 0 Å². The predicted octanol–water partition coefficient (Wildman–Crippen LogP) is 1.50. The number of nitrogens with one attached hydrogen (secondary N) is 1. The van der Waals surface area contributed by atoms with Gasteiger partial charge in [0.05, 0.1) is 36.0 Å². The van der Waals surface area contributed by atoms with E-state index in [0.29, 0.717) is 23.5 Å². The minimum atomic E-state index is -1.46. The van der Waals surface area contributed by atoms with Crippen LogP contribution < -0.4 is 10.8 Å². The van der Waals surface area contributed by atoms with Crippen LogP contribution in [0.2, 0.25) is 0 Å². The summed E-state index contributed by atoms with van der Waals surface area (Å²) in [5.74, 6) is 0.611. The summed E-state index contributed by atoms with van der Waals surface area (Å²) >= 11 is 0. The van der Waals surface area contributed by atoms with Gasteiger partial charge in [0.15, 0.2) is 0 Å². The van der Waals surface area contributed by atoms with E-state index in [2.05, 4.69) is 25.2 Å². The molecule has 0 aliphatic carbocycles. The first-order valence-corrected chi connectivity index (χ1v) is 9.76. The molecule has 0 saturated carbocycles. The molecule has 150 valence electrons. The second kappa shape index (κ2) is 9.01. The lowest BCUT2D eigenvalue weighted by molar-refractivity contribution is 0.244. The van der Waals surface area contributed by atoms with Gasteiger partial charge < -0.3 is 15.4 Å². The molecule has 1 atom stereocenters. The van der Waals surface area contributed by atoms with Crippen molar-refractivity contribution in [2.45, 2.75) is 25.4 Å². The van der Waals surface area contributed by atoms with Crippen LogP contribution >= 0.6 is 0 Å². The summed E-state index contributed by atoms with van der Waals surface area (Å²) in [6, 6.07) is 12.9. The Kier molecular flexibility index (Phi) is 6.00. The van der Waals surface area contributed by atoms with Gasteiger partial charge in [-0.1, -0.05) is 24.3 Å². The second-order valence-corrected chi connectivity index (χ2v) is 7.24. The molecule has 4 rings (SSSR count). The Morgan fingerprint density at radius 1 is 1.13 bits per heavy atom. The fraction of sp³-hybridized carbons (Fsp3) is 0.238. The highest BCUT2D eigenvalue weighted by molar-refractivity contribution is 6.58. The van der Waals surface area contributed by atoms with Gasteiger partial charge in [0.2, 0.25) is 0 Å². The molecule has 3 N–H and O–H groups in total. The Hall–Kier alpha value is -3.32. The quantitative estimate of drug-likeness (QED) is 0.533. The van der Waals surface area contributed by atoms with Crippen LogP contribution in [-0.4, -0.2) is 43.6 Å². The van der Waals surface area contributed by atoms with Crippen molar-refractivity contribution in [2.24, 2.45) is 0 Å². The number of anilines is 2. The number of nitriles is 1. The van der Waals surface area contributed by atoms with Crippen LogP contribution in [0.15, 0.2) is 55.0 Å². The number of aromatic nitrogens is 3. The van der Waals surface area contributed by atoms with Gasteiger partial charge in [0.25, 0.3) is 0 Å². The summed E-state index contributed by atoms with van der Waals surface area (Å²) in [4.78, 5) is 15.5. The Morgan fingerprint density at radius 2 is 2.03 bits per heavy atom.